The number of aldehydes is 3. The molecule has 8 rings (SSSR count). The Morgan fingerprint density at radius 1 is 0.636 bits per heavy atom. The average Bonchev–Trinajstić information content (AvgIpc) is 4.10. The number of halogens is 3. The fourth-order valence-electron chi connectivity index (χ4n) is 6.47. The van der Waals surface area contributed by atoms with E-state index in [1.807, 2.05) is 64.1 Å². The summed E-state index contributed by atoms with van der Waals surface area (Å²) < 4.78 is 43.8. The highest BCUT2D eigenvalue weighted by molar-refractivity contribution is 9.11. The van der Waals surface area contributed by atoms with Crippen LogP contribution in [0.2, 0.25) is 0 Å². The van der Waals surface area contributed by atoms with Crippen molar-refractivity contribution >= 4 is 111 Å². The number of hydrogen-bond acceptors (Lipinski definition) is 17. The number of benzene rings is 5. The van der Waals surface area contributed by atoms with Crippen molar-refractivity contribution in [3.8, 4) is 34.8 Å². The lowest BCUT2D eigenvalue weighted by Crippen LogP contribution is -2.41. The van der Waals surface area contributed by atoms with Gasteiger partial charge in [0.15, 0.2) is 12.6 Å². The van der Waals surface area contributed by atoms with Crippen LogP contribution in [-0.4, -0.2) is 105 Å². The number of hydrogen-bond donors (Lipinski definition) is 3. The monoisotopic (exact) mass is 1240 g/mol. The number of rotatable bonds is 11. The van der Waals surface area contributed by atoms with Gasteiger partial charge in [0.25, 0.3) is 0 Å². The third kappa shape index (κ3) is 19.7. The van der Waals surface area contributed by atoms with Crippen LogP contribution >= 0.6 is 47.8 Å². The highest BCUT2D eigenvalue weighted by Gasteiger charge is 2.53. The van der Waals surface area contributed by atoms with Crippen LogP contribution in [-0.2, 0) is 41.4 Å². The number of aromatic hydroxyl groups is 1. The molecule has 3 heterocycles. The second-order valence-corrected chi connectivity index (χ2v) is 18.0. The number of alkyl halides is 1. The molecule has 0 spiro atoms. The number of phenolic OH excluding ortho intramolecular Hbond substituents is 1. The van der Waals surface area contributed by atoms with Gasteiger partial charge in [0, 0.05) is 33.1 Å². The normalized spacial score (nSPS) is 13.0. The fourth-order valence-corrected chi connectivity index (χ4v) is 7.30. The Balaban J connectivity index is 0.000000325. The molecule has 3 aliphatic rings. The molecule has 0 amide bonds. The maximum Gasteiger partial charge on any atom is 0.499 e. The highest BCUT2D eigenvalue weighted by atomic mass is 79.9. The first-order valence-electron chi connectivity index (χ1n) is 22.1. The van der Waals surface area contributed by atoms with Crippen LogP contribution in [0, 0.1) is 31.0 Å². The molecule has 5 aromatic rings. The van der Waals surface area contributed by atoms with Gasteiger partial charge in [-0.1, -0.05) is 76.6 Å². The van der Waals surface area contributed by atoms with E-state index in [0.29, 0.717) is 84.4 Å². The van der Waals surface area contributed by atoms with Crippen molar-refractivity contribution < 1.29 is 76.7 Å². The van der Waals surface area contributed by atoms with Crippen molar-refractivity contribution in [3.05, 3.63) is 162 Å². The number of phenols is 1. The minimum atomic E-state index is -0.924. The van der Waals surface area contributed by atoms with E-state index in [2.05, 4.69) is 62.3 Å². The van der Waals surface area contributed by atoms with E-state index >= 15 is 0 Å². The summed E-state index contributed by atoms with van der Waals surface area (Å²) in [6.45, 7) is 28.4. The van der Waals surface area contributed by atoms with E-state index in [-0.39, 0.29) is 32.1 Å². The molecular weight excluding hydrogens is 1200 g/mol. The van der Waals surface area contributed by atoms with Crippen molar-refractivity contribution in [3.63, 3.8) is 0 Å². The fraction of sp³-hybridized carbons (Fsp3) is 0.255. The zero-order chi connectivity index (χ0) is 57.6. The van der Waals surface area contributed by atoms with Gasteiger partial charge in [-0.2, -0.15) is 14.9 Å². The lowest BCUT2D eigenvalue weighted by molar-refractivity contribution is -0.191. The van der Waals surface area contributed by atoms with Crippen molar-refractivity contribution in [1.29, 1.82) is 5.26 Å². The van der Waals surface area contributed by atoms with Gasteiger partial charge in [0.05, 0.1) is 51.9 Å². The van der Waals surface area contributed by atoms with Crippen molar-refractivity contribution in [1.82, 2.24) is 0 Å². The lowest BCUT2D eigenvalue weighted by atomic mass is 9.75. The predicted molar refractivity (Wildman–Crippen MR) is 293 cm³/mol. The molecule has 0 radical (unpaired) electrons. The SMILES string of the molecule is COc1cccc2c1B(O)OC2.N#CCBr.O=C=O.O=Cc1cccc(O)c1Br.[C-]#[N+]COc1cccc(C=O)c1B1OC(C)(C)C(C)(C)O1.[C-]#[N+]COc1cccc(C=O)c1Br.[C-]#[N+]COc1cccc2c1B(O)OC2. The first kappa shape index (κ1) is 66.0. The Labute approximate surface area is 471 Å². The number of nitrogens with zero attached hydrogens (tertiary/aromatic N) is 4. The van der Waals surface area contributed by atoms with Crippen molar-refractivity contribution in [2.24, 2.45) is 0 Å². The Bertz CT molecular complexity index is 2960. The Kier molecular flexibility index (Phi) is 29.5. The quantitative estimate of drug-likeness (QED) is 0.0524. The van der Waals surface area contributed by atoms with E-state index in [4.69, 9.17) is 77.2 Å². The van der Waals surface area contributed by atoms with Crippen molar-refractivity contribution in [2.75, 3.05) is 32.6 Å². The molecule has 3 aliphatic heterocycles. The van der Waals surface area contributed by atoms with E-state index in [9.17, 15) is 24.4 Å². The third-order valence-electron chi connectivity index (χ3n) is 10.7. The van der Waals surface area contributed by atoms with E-state index in [1.165, 1.54) is 6.07 Å². The van der Waals surface area contributed by atoms with Crippen molar-refractivity contribution in [2.45, 2.75) is 52.1 Å². The molecule has 0 bridgehead atoms. The van der Waals surface area contributed by atoms with Crippen LogP contribution in [0.1, 0.15) is 69.9 Å². The second kappa shape index (κ2) is 34.5. The number of fused-ring (bicyclic) bond motifs is 2. The second-order valence-electron chi connectivity index (χ2n) is 15.9. The summed E-state index contributed by atoms with van der Waals surface area (Å²) in [7, 11) is -0.860. The largest absolute Gasteiger partial charge is 0.507 e. The Morgan fingerprint density at radius 2 is 1.00 bits per heavy atom. The van der Waals surface area contributed by atoms with Crippen LogP contribution < -0.4 is 35.3 Å². The molecule has 0 aliphatic carbocycles. The predicted octanol–water partition coefficient (Wildman–Crippen LogP) is 6.93. The number of carbonyl (C=O) groups excluding carboxylic acids is 5. The minimum absolute atomic E-state index is 0.0385. The molecule has 26 heteroatoms. The maximum absolute atomic E-state index is 11.3. The first-order chi connectivity index (χ1) is 36.8. The molecule has 1 fully saturated rings. The molecule has 0 unspecified atom stereocenters. The van der Waals surface area contributed by atoms with Gasteiger partial charge in [-0.25, -0.2) is 19.7 Å². The number of ether oxygens (including phenoxy) is 4. The average molecular weight is 1250 g/mol. The molecular formula is C51H48B3Br3N4O16. The lowest BCUT2D eigenvalue weighted by Gasteiger charge is -2.32. The number of methoxy groups -OCH3 is 1. The van der Waals surface area contributed by atoms with Gasteiger partial charge in [-0.15, -0.1) is 0 Å². The molecule has 5 aromatic carbocycles. The van der Waals surface area contributed by atoms with E-state index < -0.39 is 32.6 Å². The van der Waals surface area contributed by atoms with Gasteiger partial charge < -0.3 is 52.7 Å². The summed E-state index contributed by atoms with van der Waals surface area (Å²) >= 11 is 9.16. The standard InChI is InChI=1S/C15H18BNO4.C9H8BNO3.C9H6BrNO2.C8H9BO3.C7H5BrO2.C2H2BrN.CO2/c1-14(2)15(3,4)21-16(20-14)13-11(9-18)7-6-8-12(13)19-10-17-5;1-11-6-13-8-4-2-3-7-5-14-10(12)9(7)8;1-11-6-13-8-4-2-3-7(5-12)9(8)10;1-11-7-4-2-3-6-5-12-9(10)8(6)7;8-7-5(4-9)2-1-3-6(7)10;3-1-2-4;2-1-3/h6-9H,10H2,1-4H3;2-4,12H,5-6H2;2-5H,6H2;2-4,10H,5H2,1H3;1-4,10H;1H2;. The maximum atomic E-state index is 11.3. The molecule has 20 nitrogen and oxygen atoms in total. The number of carbonyl (C=O) groups is 3. The third-order valence-corrected chi connectivity index (χ3v) is 12.7. The molecule has 3 N–H and O–H groups in total. The zero-order valence-corrected chi connectivity index (χ0v) is 46.7. The Morgan fingerprint density at radius 3 is 1.42 bits per heavy atom. The van der Waals surface area contributed by atoms with Gasteiger partial charge in [-0.3, -0.25) is 28.9 Å². The van der Waals surface area contributed by atoms with Gasteiger partial charge >= 0.3 is 47.7 Å². The van der Waals surface area contributed by atoms with Crippen LogP contribution in [0.4, 0.5) is 0 Å². The van der Waals surface area contributed by atoms with Crippen LogP contribution in [0.3, 0.4) is 0 Å². The molecule has 1 saturated heterocycles. The van der Waals surface area contributed by atoms with E-state index in [0.717, 1.165) is 29.2 Å². The molecule has 0 aromatic heterocycles. The van der Waals surface area contributed by atoms with E-state index in [1.54, 1.807) is 61.7 Å². The zero-order valence-electron chi connectivity index (χ0n) is 41.9. The summed E-state index contributed by atoms with van der Waals surface area (Å²) in [5.41, 5.74) is 4.27. The molecule has 398 valence electrons. The summed E-state index contributed by atoms with van der Waals surface area (Å²) in [5, 5.41) is 35.9. The summed E-state index contributed by atoms with van der Waals surface area (Å²) in [4.78, 5) is 57.6. The van der Waals surface area contributed by atoms with Crippen LogP contribution in [0.25, 0.3) is 14.5 Å². The highest BCUT2D eigenvalue weighted by Crippen LogP contribution is 2.37. The molecule has 0 saturated carbocycles. The van der Waals surface area contributed by atoms with Crippen LogP contribution in [0.15, 0.2) is 99.9 Å². The van der Waals surface area contributed by atoms with Gasteiger partial charge in [-0.05, 0) is 101 Å². The van der Waals surface area contributed by atoms with Gasteiger partial charge in [0.1, 0.15) is 35.0 Å². The number of nitriles is 1. The minimum Gasteiger partial charge on any atom is -0.507 e. The first-order valence-corrected chi connectivity index (χ1v) is 24.8. The smallest absolute Gasteiger partial charge is 0.499 e. The molecule has 77 heavy (non-hydrogen) atoms. The van der Waals surface area contributed by atoms with Crippen LogP contribution in [0.5, 0.6) is 28.7 Å². The van der Waals surface area contributed by atoms with Gasteiger partial charge in [0.2, 0.25) is 0 Å². The Hall–Kier alpha value is -7.16. The molecule has 0 atom stereocenters. The summed E-state index contributed by atoms with van der Waals surface area (Å²) in [6, 6.07) is 27.8. The summed E-state index contributed by atoms with van der Waals surface area (Å²) in [5.74, 6) is 2.26. The topological polar surface area (TPSA) is 257 Å². The summed E-state index contributed by atoms with van der Waals surface area (Å²) in [6.07, 6.45) is 2.41.